The average molecular weight is 363 g/mol. The third kappa shape index (κ3) is 2.86. The largest absolute Gasteiger partial charge is 0.326 e. The molecule has 3 aromatic rings. The highest BCUT2D eigenvalue weighted by atomic mass is 32.1. The Labute approximate surface area is 153 Å². The Bertz CT molecular complexity index is 1010. The number of rotatable bonds is 2. The predicted octanol–water partition coefficient (Wildman–Crippen LogP) is 4.11. The Hall–Kier alpha value is -2.82. The number of nitriles is 1. The molecule has 5 nitrogen and oxygen atoms in total. The van der Waals surface area contributed by atoms with Gasteiger partial charge in [-0.2, -0.15) is 5.26 Å². The number of hydrogen-bond donors (Lipinski definition) is 1. The van der Waals surface area contributed by atoms with Crippen LogP contribution in [-0.4, -0.2) is 23.6 Å². The molecule has 0 saturated heterocycles. The summed E-state index contributed by atoms with van der Waals surface area (Å²) in [6.45, 7) is 0. The van der Waals surface area contributed by atoms with Gasteiger partial charge in [0, 0.05) is 29.1 Å². The van der Waals surface area contributed by atoms with Crippen molar-refractivity contribution in [2.24, 2.45) is 9.98 Å². The van der Waals surface area contributed by atoms with E-state index in [0.717, 1.165) is 32.7 Å². The van der Waals surface area contributed by atoms with Crippen LogP contribution >= 0.6 is 22.7 Å². The molecule has 122 valence electrons. The summed E-state index contributed by atoms with van der Waals surface area (Å²) in [7, 11) is 1.74. The highest BCUT2D eigenvalue weighted by Gasteiger charge is 2.27. The van der Waals surface area contributed by atoms with Crippen molar-refractivity contribution in [1.82, 2.24) is 4.98 Å². The van der Waals surface area contributed by atoms with Gasteiger partial charge in [-0.3, -0.25) is 9.98 Å². The van der Waals surface area contributed by atoms with Gasteiger partial charge in [0.25, 0.3) is 0 Å². The molecule has 7 heteroatoms. The zero-order chi connectivity index (χ0) is 17.2. The van der Waals surface area contributed by atoms with Gasteiger partial charge in [0.15, 0.2) is 0 Å². The van der Waals surface area contributed by atoms with E-state index >= 15 is 0 Å². The summed E-state index contributed by atoms with van der Waals surface area (Å²) in [6, 6.07) is 11.8. The molecule has 0 amide bonds. The summed E-state index contributed by atoms with van der Waals surface area (Å²) >= 11 is 3.16. The molecule has 0 fully saturated rings. The number of aromatic nitrogens is 1. The van der Waals surface area contributed by atoms with E-state index in [4.69, 9.17) is 10.3 Å². The van der Waals surface area contributed by atoms with Crippen LogP contribution in [-0.2, 0) is 0 Å². The first kappa shape index (κ1) is 15.7. The Morgan fingerprint density at radius 1 is 1.28 bits per heavy atom. The number of amidine groups is 1. The van der Waals surface area contributed by atoms with Gasteiger partial charge in [0.1, 0.15) is 23.8 Å². The monoisotopic (exact) mass is 363 g/mol. The first-order valence-corrected chi connectivity index (χ1v) is 9.35. The molecule has 0 aromatic carbocycles. The number of pyridine rings is 1. The van der Waals surface area contributed by atoms with Crippen LogP contribution in [0, 0.1) is 11.3 Å². The third-order valence-corrected chi connectivity index (χ3v) is 5.70. The van der Waals surface area contributed by atoms with Crippen LogP contribution in [0.3, 0.4) is 0 Å². The number of aliphatic imine (C=N–C) groups is 2. The highest BCUT2D eigenvalue weighted by molar-refractivity contribution is 7.12. The van der Waals surface area contributed by atoms with Crippen LogP contribution in [0.4, 0.5) is 5.82 Å². The molecular weight excluding hydrogens is 350 g/mol. The molecule has 0 radical (unpaired) electrons. The van der Waals surface area contributed by atoms with Gasteiger partial charge in [-0.15, -0.1) is 22.7 Å². The van der Waals surface area contributed by atoms with Crippen LogP contribution in [0.2, 0.25) is 0 Å². The van der Waals surface area contributed by atoms with Crippen LogP contribution < -0.4 is 5.32 Å². The van der Waals surface area contributed by atoms with E-state index in [0.29, 0.717) is 5.56 Å². The minimum atomic E-state index is -0.289. The molecule has 1 atom stereocenters. The van der Waals surface area contributed by atoms with Crippen LogP contribution in [0.5, 0.6) is 0 Å². The van der Waals surface area contributed by atoms with Gasteiger partial charge < -0.3 is 5.32 Å². The maximum Gasteiger partial charge on any atom is 0.142 e. The molecular formula is C18H13N5S2. The van der Waals surface area contributed by atoms with E-state index in [9.17, 15) is 0 Å². The van der Waals surface area contributed by atoms with Gasteiger partial charge >= 0.3 is 0 Å². The Kier molecular flexibility index (Phi) is 4.14. The molecule has 4 heterocycles. The summed E-state index contributed by atoms with van der Waals surface area (Å²) in [5.74, 6) is 1.47. The molecule has 0 spiro atoms. The smallest absolute Gasteiger partial charge is 0.142 e. The highest BCUT2D eigenvalue weighted by Crippen LogP contribution is 2.33. The van der Waals surface area contributed by atoms with Gasteiger partial charge in [-0.05, 0) is 29.6 Å². The first-order chi connectivity index (χ1) is 12.3. The lowest BCUT2D eigenvalue weighted by Crippen LogP contribution is -2.19. The third-order valence-electron chi connectivity index (χ3n) is 3.84. The minimum absolute atomic E-state index is 0.289. The second-order valence-electron chi connectivity index (χ2n) is 5.34. The van der Waals surface area contributed by atoms with Gasteiger partial charge in [0.05, 0.1) is 16.2 Å². The topological polar surface area (TPSA) is 73.4 Å². The normalized spacial score (nSPS) is 18.0. The summed E-state index contributed by atoms with van der Waals surface area (Å²) in [5.41, 5.74) is 2.48. The molecule has 25 heavy (non-hydrogen) atoms. The Morgan fingerprint density at radius 3 is 2.92 bits per heavy atom. The first-order valence-electron chi connectivity index (χ1n) is 7.59. The van der Waals surface area contributed by atoms with Crippen molar-refractivity contribution >= 4 is 40.0 Å². The van der Waals surface area contributed by atoms with Gasteiger partial charge in [0.2, 0.25) is 0 Å². The molecule has 0 bridgehead atoms. The molecule has 3 aromatic heterocycles. The number of hydrogen-bond acceptors (Lipinski definition) is 6. The van der Waals surface area contributed by atoms with Crippen LogP contribution in [0.15, 0.2) is 57.3 Å². The summed E-state index contributed by atoms with van der Waals surface area (Å²) in [4.78, 5) is 16.0. The van der Waals surface area contributed by atoms with E-state index < -0.39 is 0 Å². The predicted molar refractivity (Wildman–Crippen MR) is 103 cm³/mol. The Balaban J connectivity index is 1.92. The van der Waals surface area contributed by atoms with Crippen molar-refractivity contribution in [2.45, 2.75) is 6.04 Å². The summed E-state index contributed by atoms with van der Waals surface area (Å²) in [6.07, 6.45) is 1.75. The number of thiophene rings is 2. The number of nitrogens with one attached hydrogen (secondary N) is 1. The zero-order valence-corrected chi connectivity index (χ0v) is 14.9. The maximum absolute atomic E-state index is 9.14. The van der Waals surface area contributed by atoms with E-state index in [1.807, 2.05) is 35.0 Å². The SMILES string of the molecule is CN=C1Nc2ncccc2C(c2cccs2)=NC1c1cc(C#N)cs1. The number of nitrogens with zero attached hydrogens (tertiary/aromatic N) is 4. The average Bonchev–Trinajstić information content (AvgIpc) is 3.31. The van der Waals surface area contributed by atoms with E-state index in [2.05, 4.69) is 27.4 Å². The lowest BCUT2D eigenvalue weighted by molar-refractivity contribution is 0.982. The fourth-order valence-corrected chi connectivity index (χ4v) is 4.29. The van der Waals surface area contributed by atoms with Crippen LogP contribution in [0.1, 0.15) is 26.9 Å². The lowest BCUT2D eigenvalue weighted by Gasteiger charge is -2.13. The standard InChI is InChI=1S/C18H13N5S2/c1-20-18-16(14-8-11(9-19)10-25-14)22-15(13-5-3-7-24-13)12-4-2-6-21-17(12)23-18/h2-8,10,16H,1H3,(H,20,21,23). The number of fused-ring (bicyclic) bond motifs is 1. The van der Waals surface area contributed by atoms with Crippen molar-refractivity contribution in [3.8, 4) is 6.07 Å². The second kappa shape index (κ2) is 6.59. The van der Waals surface area contributed by atoms with Crippen LogP contribution in [0.25, 0.3) is 0 Å². The molecule has 4 rings (SSSR count). The molecule has 1 aliphatic rings. The van der Waals surface area contributed by atoms with Crippen molar-refractivity contribution in [3.05, 3.63) is 68.2 Å². The molecule has 1 unspecified atom stereocenters. The number of anilines is 1. The quantitative estimate of drug-likeness (QED) is 0.745. The fraction of sp³-hybridized carbons (Fsp3) is 0.111. The van der Waals surface area contributed by atoms with Crippen molar-refractivity contribution in [3.63, 3.8) is 0 Å². The summed E-state index contributed by atoms with van der Waals surface area (Å²) in [5, 5.41) is 16.4. The molecule has 1 N–H and O–H groups in total. The molecule has 0 aliphatic carbocycles. The van der Waals surface area contributed by atoms with Gasteiger partial charge in [-0.1, -0.05) is 6.07 Å². The van der Waals surface area contributed by atoms with Crippen molar-refractivity contribution < 1.29 is 0 Å². The zero-order valence-electron chi connectivity index (χ0n) is 13.3. The molecule has 1 aliphatic heterocycles. The van der Waals surface area contributed by atoms with Gasteiger partial charge in [-0.25, -0.2) is 4.98 Å². The summed E-state index contributed by atoms with van der Waals surface area (Å²) < 4.78 is 0. The second-order valence-corrected chi connectivity index (χ2v) is 7.23. The molecule has 0 saturated carbocycles. The Morgan fingerprint density at radius 2 is 2.20 bits per heavy atom. The van der Waals surface area contributed by atoms with Crippen molar-refractivity contribution in [2.75, 3.05) is 12.4 Å². The minimum Gasteiger partial charge on any atom is -0.326 e. The van der Waals surface area contributed by atoms with E-state index in [-0.39, 0.29) is 6.04 Å². The lowest BCUT2D eigenvalue weighted by atomic mass is 10.1. The van der Waals surface area contributed by atoms with E-state index in [1.54, 1.807) is 24.6 Å². The van der Waals surface area contributed by atoms with E-state index in [1.165, 1.54) is 11.3 Å². The van der Waals surface area contributed by atoms with Crippen molar-refractivity contribution in [1.29, 1.82) is 5.26 Å². The fourth-order valence-electron chi connectivity index (χ4n) is 2.69. The maximum atomic E-state index is 9.14.